The second kappa shape index (κ2) is 10.8. The summed E-state index contributed by atoms with van der Waals surface area (Å²) in [7, 11) is 0. The van der Waals surface area contributed by atoms with Crippen molar-refractivity contribution in [2.45, 2.75) is 96.9 Å². The third kappa shape index (κ3) is 5.33. The van der Waals surface area contributed by atoms with Gasteiger partial charge >= 0.3 is 5.97 Å². The van der Waals surface area contributed by atoms with Gasteiger partial charge < -0.3 is 10.0 Å². The molecule has 33 heavy (non-hydrogen) atoms. The van der Waals surface area contributed by atoms with E-state index in [0.29, 0.717) is 19.4 Å². The SMILES string of the molecule is CCC(C)(C)C(=O)C(=O)N1CCCC[C@@]1(C(=O)O)[C@@H](CCc1ccccc1)C1CCCCC1. The molecule has 0 bridgehead atoms. The van der Waals surface area contributed by atoms with Gasteiger partial charge in [0.05, 0.1) is 0 Å². The Morgan fingerprint density at radius 2 is 1.73 bits per heavy atom. The lowest BCUT2D eigenvalue weighted by molar-refractivity contribution is -0.173. The highest BCUT2D eigenvalue weighted by Gasteiger charge is 2.56. The number of ketones is 1. The molecule has 1 aromatic carbocycles. The first-order valence-electron chi connectivity index (χ1n) is 12.9. The van der Waals surface area contributed by atoms with Crippen molar-refractivity contribution < 1.29 is 19.5 Å². The number of likely N-dealkylation sites (tertiary alicyclic amines) is 1. The van der Waals surface area contributed by atoms with Crippen LogP contribution in [0.1, 0.15) is 90.5 Å². The fourth-order valence-electron chi connectivity index (χ4n) is 5.99. The Balaban J connectivity index is 2.01. The number of aliphatic carboxylic acids is 1. The van der Waals surface area contributed by atoms with Gasteiger partial charge in [-0.1, -0.05) is 83.2 Å². The number of benzene rings is 1. The van der Waals surface area contributed by atoms with Gasteiger partial charge in [0.2, 0.25) is 5.78 Å². The number of carbonyl (C=O) groups is 3. The number of carboxylic acid groups (broad SMARTS) is 1. The highest BCUT2D eigenvalue weighted by atomic mass is 16.4. The summed E-state index contributed by atoms with van der Waals surface area (Å²) in [6.45, 7) is 5.82. The lowest BCUT2D eigenvalue weighted by Crippen LogP contribution is -2.66. The van der Waals surface area contributed by atoms with Crippen LogP contribution < -0.4 is 0 Å². The zero-order valence-corrected chi connectivity index (χ0v) is 20.6. The van der Waals surface area contributed by atoms with Gasteiger partial charge in [-0.3, -0.25) is 9.59 Å². The second-order valence-corrected chi connectivity index (χ2v) is 10.7. The topological polar surface area (TPSA) is 74.7 Å². The lowest BCUT2D eigenvalue weighted by Gasteiger charge is -2.51. The summed E-state index contributed by atoms with van der Waals surface area (Å²) in [5.74, 6) is -1.87. The summed E-state index contributed by atoms with van der Waals surface area (Å²) in [6, 6.07) is 10.2. The van der Waals surface area contributed by atoms with Gasteiger partial charge in [0.15, 0.2) is 0 Å². The average molecular weight is 456 g/mol. The molecule has 2 fully saturated rings. The minimum absolute atomic E-state index is 0.155. The molecule has 5 nitrogen and oxygen atoms in total. The molecule has 1 saturated carbocycles. The highest BCUT2D eigenvalue weighted by Crippen LogP contribution is 2.46. The van der Waals surface area contributed by atoms with Crippen LogP contribution in [0.4, 0.5) is 0 Å². The molecule has 0 unspecified atom stereocenters. The maximum Gasteiger partial charge on any atom is 0.329 e. The maximum atomic E-state index is 13.6. The van der Waals surface area contributed by atoms with E-state index in [4.69, 9.17) is 0 Å². The van der Waals surface area contributed by atoms with Crippen molar-refractivity contribution in [3.63, 3.8) is 0 Å². The fraction of sp³-hybridized carbons (Fsp3) is 0.679. The van der Waals surface area contributed by atoms with E-state index in [2.05, 4.69) is 12.1 Å². The third-order valence-electron chi connectivity index (χ3n) is 8.40. The van der Waals surface area contributed by atoms with E-state index < -0.39 is 28.6 Å². The van der Waals surface area contributed by atoms with Crippen molar-refractivity contribution in [2.75, 3.05) is 6.54 Å². The standard InChI is InChI=1S/C28H41NO4/c1-4-27(2,3)24(30)25(31)29-20-12-11-19-28(29,26(32)33)23(22-15-9-6-10-16-22)18-17-21-13-7-5-8-14-21/h5,7-8,13-14,22-23H,4,6,9-12,15-20H2,1-3H3,(H,32,33)/t23-,28-/m0/s1. The predicted molar refractivity (Wildman–Crippen MR) is 130 cm³/mol. The summed E-state index contributed by atoms with van der Waals surface area (Å²) < 4.78 is 0. The van der Waals surface area contributed by atoms with Gasteiger partial charge in [0.25, 0.3) is 5.91 Å². The number of aryl methyl sites for hydroxylation is 1. The normalized spacial score (nSPS) is 23.2. The summed E-state index contributed by atoms with van der Waals surface area (Å²) in [5.41, 5.74) is -0.898. The molecular formula is C28H41NO4. The van der Waals surface area contributed by atoms with Crippen molar-refractivity contribution in [2.24, 2.45) is 17.3 Å². The molecule has 0 aromatic heterocycles. The molecule has 2 aliphatic rings. The average Bonchev–Trinajstić information content (AvgIpc) is 2.84. The van der Waals surface area contributed by atoms with Crippen LogP contribution in [-0.4, -0.2) is 39.7 Å². The highest BCUT2D eigenvalue weighted by molar-refractivity contribution is 6.38. The van der Waals surface area contributed by atoms with Crippen LogP contribution in [0.15, 0.2) is 30.3 Å². The molecule has 0 radical (unpaired) electrons. The Kier molecular flexibility index (Phi) is 8.36. The van der Waals surface area contributed by atoms with E-state index in [1.807, 2.05) is 25.1 Å². The van der Waals surface area contributed by atoms with Gasteiger partial charge in [0.1, 0.15) is 5.54 Å². The van der Waals surface area contributed by atoms with Gasteiger partial charge in [-0.2, -0.15) is 0 Å². The largest absolute Gasteiger partial charge is 0.479 e. The first-order chi connectivity index (χ1) is 15.7. The van der Waals surface area contributed by atoms with Crippen LogP contribution in [0.25, 0.3) is 0 Å². The third-order valence-corrected chi connectivity index (χ3v) is 8.40. The molecule has 1 heterocycles. The van der Waals surface area contributed by atoms with E-state index in [0.717, 1.165) is 51.4 Å². The molecule has 1 aliphatic heterocycles. The zero-order chi connectivity index (χ0) is 24.1. The maximum absolute atomic E-state index is 13.6. The van der Waals surface area contributed by atoms with Crippen LogP contribution in [0, 0.1) is 17.3 Å². The van der Waals surface area contributed by atoms with E-state index >= 15 is 0 Å². The number of rotatable bonds is 9. The van der Waals surface area contributed by atoms with Crippen LogP contribution >= 0.6 is 0 Å². The summed E-state index contributed by atoms with van der Waals surface area (Å²) in [5, 5.41) is 10.7. The molecule has 2 atom stereocenters. The van der Waals surface area contributed by atoms with Crippen molar-refractivity contribution in [1.29, 1.82) is 0 Å². The Morgan fingerprint density at radius 1 is 1.06 bits per heavy atom. The molecule has 1 aromatic rings. The number of amides is 1. The van der Waals surface area contributed by atoms with Gasteiger partial charge in [-0.25, -0.2) is 4.79 Å². The zero-order valence-electron chi connectivity index (χ0n) is 20.6. The molecule has 0 spiro atoms. The van der Waals surface area contributed by atoms with Gasteiger partial charge in [-0.05, 0) is 55.9 Å². The number of nitrogens with zero attached hydrogens (tertiary/aromatic N) is 1. The summed E-state index contributed by atoms with van der Waals surface area (Å²) in [6.07, 6.45) is 9.42. The van der Waals surface area contributed by atoms with E-state index in [-0.39, 0.29) is 11.8 Å². The van der Waals surface area contributed by atoms with Crippen LogP contribution in [0.3, 0.4) is 0 Å². The molecule has 1 aliphatic carbocycles. The van der Waals surface area contributed by atoms with Gasteiger partial charge in [-0.15, -0.1) is 0 Å². The number of carbonyl (C=O) groups excluding carboxylic acids is 2. The van der Waals surface area contributed by atoms with Crippen LogP contribution in [0.2, 0.25) is 0 Å². The number of carboxylic acids is 1. The first kappa shape index (κ1) is 25.5. The molecule has 182 valence electrons. The Labute approximate surface area is 198 Å². The molecule has 1 N–H and O–H groups in total. The second-order valence-electron chi connectivity index (χ2n) is 10.7. The molecule has 3 rings (SSSR count). The van der Waals surface area contributed by atoms with Crippen molar-refractivity contribution in [1.82, 2.24) is 4.90 Å². The number of piperidine rings is 1. The van der Waals surface area contributed by atoms with Crippen molar-refractivity contribution >= 4 is 17.7 Å². The van der Waals surface area contributed by atoms with Crippen LogP contribution in [0.5, 0.6) is 0 Å². The number of Topliss-reactive ketones (excluding diaryl/α,β-unsaturated/α-hetero) is 1. The Bertz CT molecular complexity index is 828. The minimum Gasteiger partial charge on any atom is -0.479 e. The molecule has 1 saturated heterocycles. The molecular weight excluding hydrogens is 414 g/mol. The number of hydrogen-bond acceptors (Lipinski definition) is 3. The molecule has 1 amide bonds. The fourth-order valence-corrected chi connectivity index (χ4v) is 5.99. The monoisotopic (exact) mass is 455 g/mol. The Hall–Kier alpha value is -2.17. The quantitative estimate of drug-likeness (QED) is 0.488. The molecule has 5 heteroatoms. The Morgan fingerprint density at radius 3 is 2.33 bits per heavy atom. The van der Waals surface area contributed by atoms with E-state index in [1.54, 1.807) is 13.8 Å². The minimum atomic E-state index is -1.30. The van der Waals surface area contributed by atoms with Crippen LogP contribution in [-0.2, 0) is 20.8 Å². The number of hydrogen-bond donors (Lipinski definition) is 1. The first-order valence-corrected chi connectivity index (χ1v) is 12.9. The lowest BCUT2D eigenvalue weighted by atomic mass is 9.64. The predicted octanol–water partition coefficient (Wildman–Crippen LogP) is 5.66. The van der Waals surface area contributed by atoms with Gasteiger partial charge in [0, 0.05) is 12.0 Å². The van der Waals surface area contributed by atoms with E-state index in [1.165, 1.54) is 16.9 Å². The summed E-state index contributed by atoms with van der Waals surface area (Å²) >= 11 is 0. The smallest absolute Gasteiger partial charge is 0.329 e. The van der Waals surface area contributed by atoms with E-state index in [9.17, 15) is 19.5 Å². The van der Waals surface area contributed by atoms with Crippen molar-refractivity contribution in [3.05, 3.63) is 35.9 Å². The van der Waals surface area contributed by atoms with Crippen molar-refractivity contribution in [3.8, 4) is 0 Å². The summed E-state index contributed by atoms with van der Waals surface area (Å²) in [4.78, 5) is 41.4.